The molecule has 2 aromatic heterocycles. The minimum atomic E-state index is -0.398. The molecule has 0 aliphatic rings. The Labute approximate surface area is 163 Å². The largest absolute Gasteiger partial charge is 0.467 e. The fourth-order valence-corrected chi connectivity index (χ4v) is 4.08. The summed E-state index contributed by atoms with van der Waals surface area (Å²) in [7, 11) is 0. The van der Waals surface area contributed by atoms with Gasteiger partial charge in [-0.25, -0.2) is 9.37 Å². The molecule has 4 aromatic rings. The molecule has 0 aliphatic heterocycles. The number of hydrogen-bond acceptors (Lipinski definition) is 5. The lowest BCUT2D eigenvalue weighted by Gasteiger charge is -2.19. The van der Waals surface area contributed by atoms with E-state index in [9.17, 15) is 9.18 Å². The van der Waals surface area contributed by atoms with Crippen LogP contribution in [-0.2, 0) is 6.54 Å². The van der Waals surface area contributed by atoms with Gasteiger partial charge in [-0.05, 0) is 54.8 Å². The van der Waals surface area contributed by atoms with Gasteiger partial charge in [0.2, 0.25) is 0 Å². The molecule has 2 heterocycles. The number of rotatable bonds is 5. The van der Waals surface area contributed by atoms with Gasteiger partial charge in [0.15, 0.2) is 5.13 Å². The number of furan rings is 1. The molecular formula is C20H15FN2O2S2. The Kier molecular flexibility index (Phi) is 4.96. The van der Waals surface area contributed by atoms with E-state index in [-0.39, 0.29) is 18.0 Å². The molecule has 0 radical (unpaired) electrons. The van der Waals surface area contributed by atoms with Crippen molar-refractivity contribution in [3.63, 3.8) is 0 Å². The number of thioether (sulfide) groups is 1. The van der Waals surface area contributed by atoms with Gasteiger partial charge in [0.1, 0.15) is 17.1 Å². The highest BCUT2D eigenvalue weighted by atomic mass is 32.2. The summed E-state index contributed by atoms with van der Waals surface area (Å²) in [5.41, 5.74) is 0.812. The van der Waals surface area contributed by atoms with Crippen molar-refractivity contribution in [2.75, 3.05) is 11.2 Å². The molecule has 1 amide bonds. The Morgan fingerprint density at radius 3 is 2.67 bits per heavy atom. The minimum absolute atomic E-state index is 0.210. The van der Waals surface area contributed by atoms with E-state index in [1.54, 1.807) is 54.4 Å². The summed E-state index contributed by atoms with van der Waals surface area (Å²) in [6.07, 6.45) is 3.54. The van der Waals surface area contributed by atoms with Crippen LogP contribution in [0.25, 0.3) is 10.2 Å². The first-order chi connectivity index (χ1) is 13.2. The second-order valence-corrected chi connectivity index (χ2v) is 7.67. The summed E-state index contributed by atoms with van der Waals surface area (Å²) in [5, 5.41) is 0.436. The highest BCUT2D eigenvalue weighted by Gasteiger charge is 2.23. The first-order valence-electron chi connectivity index (χ1n) is 8.19. The normalized spacial score (nSPS) is 11.0. The molecule has 136 valence electrons. The van der Waals surface area contributed by atoms with Crippen molar-refractivity contribution in [3.8, 4) is 0 Å². The van der Waals surface area contributed by atoms with Gasteiger partial charge >= 0.3 is 0 Å². The van der Waals surface area contributed by atoms with Crippen molar-refractivity contribution in [1.82, 2.24) is 4.98 Å². The summed E-state index contributed by atoms with van der Waals surface area (Å²) in [6, 6.07) is 15.7. The number of fused-ring (bicyclic) bond motifs is 1. The maximum absolute atomic E-state index is 14.1. The molecule has 2 aromatic carbocycles. The Balaban J connectivity index is 1.75. The number of aromatic nitrogens is 1. The van der Waals surface area contributed by atoms with Crippen LogP contribution in [0.5, 0.6) is 0 Å². The predicted molar refractivity (Wildman–Crippen MR) is 107 cm³/mol. The third kappa shape index (κ3) is 3.61. The third-order valence-corrected chi connectivity index (χ3v) is 5.85. The zero-order chi connectivity index (χ0) is 18.8. The number of carbonyl (C=O) groups is 1. The SMILES string of the molecule is CSc1ccc(C(=O)N(Cc2ccco2)c2nc3c(F)cccc3s2)cc1. The molecule has 4 rings (SSSR count). The van der Waals surface area contributed by atoms with Crippen molar-refractivity contribution >= 4 is 44.4 Å². The number of hydrogen-bond donors (Lipinski definition) is 0. The summed E-state index contributed by atoms with van der Waals surface area (Å²) < 4.78 is 20.2. The fraction of sp³-hybridized carbons (Fsp3) is 0.100. The van der Waals surface area contributed by atoms with Crippen molar-refractivity contribution in [2.24, 2.45) is 0 Å². The fourth-order valence-electron chi connectivity index (χ4n) is 2.69. The van der Waals surface area contributed by atoms with Crippen LogP contribution in [0.3, 0.4) is 0 Å². The van der Waals surface area contributed by atoms with E-state index in [0.717, 1.165) is 4.90 Å². The number of thiazole rings is 1. The van der Waals surface area contributed by atoms with Gasteiger partial charge in [0.25, 0.3) is 5.91 Å². The van der Waals surface area contributed by atoms with E-state index in [0.29, 0.717) is 21.2 Å². The standard InChI is InChI=1S/C20H15FN2O2S2/c1-26-15-9-7-13(8-10-15)19(24)23(12-14-4-3-11-25-14)20-22-18-16(21)5-2-6-17(18)27-20/h2-11H,12H2,1H3. The van der Waals surface area contributed by atoms with Crippen molar-refractivity contribution in [2.45, 2.75) is 11.4 Å². The molecule has 7 heteroatoms. The van der Waals surface area contributed by atoms with Gasteiger partial charge in [-0.15, -0.1) is 11.8 Å². The Morgan fingerprint density at radius 1 is 1.19 bits per heavy atom. The van der Waals surface area contributed by atoms with E-state index >= 15 is 0 Å². The predicted octanol–water partition coefficient (Wildman–Crippen LogP) is 5.60. The second kappa shape index (κ2) is 7.54. The molecule has 27 heavy (non-hydrogen) atoms. The van der Waals surface area contributed by atoms with Gasteiger partial charge < -0.3 is 4.42 Å². The average Bonchev–Trinajstić information content (AvgIpc) is 3.36. The van der Waals surface area contributed by atoms with Gasteiger partial charge in [-0.3, -0.25) is 9.69 Å². The average molecular weight is 398 g/mol. The Bertz CT molecular complexity index is 1080. The molecule has 0 atom stereocenters. The van der Waals surface area contributed by atoms with Crippen LogP contribution in [0.15, 0.2) is 70.2 Å². The van der Waals surface area contributed by atoms with Crippen LogP contribution < -0.4 is 4.90 Å². The van der Waals surface area contributed by atoms with E-state index in [1.807, 2.05) is 18.4 Å². The van der Waals surface area contributed by atoms with E-state index in [1.165, 1.54) is 22.3 Å². The number of benzene rings is 2. The minimum Gasteiger partial charge on any atom is -0.467 e. The first-order valence-corrected chi connectivity index (χ1v) is 10.2. The van der Waals surface area contributed by atoms with Crippen molar-refractivity contribution in [1.29, 1.82) is 0 Å². The molecule has 0 spiro atoms. The van der Waals surface area contributed by atoms with E-state index in [2.05, 4.69) is 4.98 Å². The summed E-state index contributed by atoms with van der Waals surface area (Å²) in [5.74, 6) is 0.0204. The number of halogens is 1. The number of nitrogens with zero attached hydrogens (tertiary/aromatic N) is 2. The molecule has 0 fully saturated rings. The Hall–Kier alpha value is -2.64. The molecule has 0 unspecified atom stereocenters. The molecule has 0 saturated carbocycles. The van der Waals surface area contributed by atoms with Gasteiger partial charge in [0, 0.05) is 10.5 Å². The van der Waals surface area contributed by atoms with Gasteiger partial charge in [0.05, 0.1) is 17.5 Å². The molecule has 0 bridgehead atoms. The molecular weight excluding hydrogens is 383 g/mol. The topological polar surface area (TPSA) is 46.3 Å². The van der Waals surface area contributed by atoms with Crippen LogP contribution >= 0.6 is 23.1 Å². The third-order valence-electron chi connectivity index (χ3n) is 4.07. The zero-order valence-electron chi connectivity index (χ0n) is 14.4. The molecule has 0 N–H and O–H groups in total. The second-order valence-electron chi connectivity index (χ2n) is 5.78. The summed E-state index contributed by atoms with van der Waals surface area (Å²) >= 11 is 2.89. The maximum Gasteiger partial charge on any atom is 0.260 e. The molecule has 0 aliphatic carbocycles. The highest BCUT2D eigenvalue weighted by Crippen LogP contribution is 2.32. The van der Waals surface area contributed by atoms with Crippen molar-refractivity contribution in [3.05, 3.63) is 78.0 Å². The lowest BCUT2D eigenvalue weighted by Crippen LogP contribution is -2.30. The number of amides is 1. The van der Waals surface area contributed by atoms with Crippen LogP contribution in [0.4, 0.5) is 9.52 Å². The molecule has 0 saturated heterocycles. The number of carbonyl (C=O) groups excluding carboxylic acids is 1. The first kappa shape index (κ1) is 17.8. The van der Waals surface area contributed by atoms with Crippen LogP contribution in [-0.4, -0.2) is 17.1 Å². The van der Waals surface area contributed by atoms with E-state index in [4.69, 9.17) is 4.42 Å². The number of para-hydroxylation sites is 1. The van der Waals surface area contributed by atoms with Crippen molar-refractivity contribution < 1.29 is 13.6 Å². The van der Waals surface area contributed by atoms with Crippen LogP contribution in [0, 0.1) is 5.82 Å². The lowest BCUT2D eigenvalue weighted by atomic mass is 10.2. The van der Waals surface area contributed by atoms with E-state index < -0.39 is 5.82 Å². The van der Waals surface area contributed by atoms with Gasteiger partial charge in [-0.1, -0.05) is 17.4 Å². The smallest absolute Gasteiger partial charge is 0.260 e. The zero-order valence-corrected chi connectivity index (χ0v) is 16.0. The maximum atomic E-state index is 14.1. The number of anilines is 1. The quantitative estimate of drug-likeness (QED) is 0.411. The van der Waals surface area contributed by atoms with Crippen LogP contribution in [0.2, 0.25) is 0 Å². The van der Waals surface area contributed by atoms with Crippen LogP contribution in [0.1, 0.15) is 16.1 Å². The lowest BCUT2D eigenvalue weighted by molar-refractivity contribution is 0.0983. The molecule has 4 nitrogen and oxygen atoms in total. The summed E-state index contributed by atoms with van der Waals surface area (Å²) in [4.78, 5) is 20.2. The van der Waals surface area contributed by atoms with Gasteiger partial charge in [-0.2, -0.15) is 0 Å². The highest BCUT2D eigenvalue weighted by molar-refractivity contribution is 7.98. The monoisotopic (exact) mass is 398 g/mol. The summed E-state index contributed by atoms with van der Waals surface area (Å²) in [6.45, 7) is 0.220. The Morgan fingerprint density at radius 2 is 2.00 bits per heavy atom.